The third-order valence-corrected chi connectivity index (χ3v) is 4.87. The summed E-state index contributed by atoms with van der Waals surface area (Å²) in [4.78, 5) is 12.5. The van der Waals surface area contributed by atoms with E-state index in [0.717, 1.165) is 24.8 Å². The van der Waals surface area contributed by atoms with E-state index in [1.165, 1.54) is 0 Å². The molecule has 1 fully saturated rings. The summed E-state index contributed by atoms with van der Waals surface area (Å²) in [5.74, 6) is -0.105. The molecule has 3 N–H and O–H groups in total. The monoisotopic (exact) mass is 300 g/mol. The lowest BCUT2D eigenvalue weighted by Crippen LogP contribution is -2.44. The molecule has 0 aliphatic heterocycles. The first-order valence-corrected chi connectivity index (χ1v) is 7.13. The molecular weight excluding hydrogens is 283 g/mol. The van der Waals surface area contributed by atoms with Crippen molar-refractivity contribution in [3.05, 3.63) is 27.7 Å². The Morgan fingerprint density at radius 2 is 2.16 bits per heavy atom. The molecule has 0 heterocycles. The number of anilines is 1. The van der Waals surface area contributed by atoms with Gasteiger partial charge in [-0.2, -0.15) is 0 Å². The standard InChI is InChI=1S/C14H18Cl2N2O/c1-8-5-6-9(15)12(11(8)16)18-13(19)14(2)7-3-4-10(14)17/h5-6,10H,3-4,7,17H2,1-2H3,(H,18,19). The Morgan fingerprint density at radius 3 is 2.74 bits per heavy atom. The van der Waals surface area contributed by atoms with Gasteiger partial charge >= 0.3 is 0 Å². The SMILES string of the molecule is Cc1ccc(Cl)c(NC(=O)C2(C)CCCC2N)c1Cl. The Balaban J connectivity index is 2.27. The van der Waals surface area contributed by atoms with Crippen LogP contribution in [0.15, 0.2) is 12.1 Å². The van der Waals surface area contributed by atoms with Gasteiger partial charge < -0.3 is 11.1 Å². The quantitative estimate of drug-likeness (QED) is 0.874. The van der Waals surface area contributed by atoms with E-state index in [1.807, 2.05) is 19.9 Å². The third-order valence-electron chi connectivity index (χ3n) is 4.07. The summed E-state index contributed by atoms with van der Waals surface area (Å²) in [7, 11) is 0. The van der Waals surface area contributed by atoms with Gasteiger partial charge in [0.1, 0.15) is 0 Å². The maximum Gasteiger partial charge on any atom is 0.231 e. The van der Waals surface area contributed by atoms with Crippen molar-refractivity contribution in [1.29, 1.82) is 0 Å². The molecule has 2 atom stereocenters. The van der Waals surface area contributed by atoms with E-state index in [0.29, 0.717) is 15.7 Å². The molecule has 104 valence electrons. The largest absolute Gasteiger partial charge is 0.327 e. The normalized spacial score (nSPS) is 26.5. The van der Waals surface area contributed by atoms with E-state index in [9.17, 15) is 4.79 Å². The van der Waals surface area contributed by atoms with Gasteiger partial charge in [-0.15, -0.1) is 0 Å². The van der Waals surface area contributed by atoms with Crippen LogP contribution in [0.2, 0.25) is 10.0 Å². The second-order valence-electron chi connectivity index (χ2n) is 5.42. The Hall–Kier alpha value is -0.770. The molecule has 1 aromatic rings. The zero-order chi connectivity index (χ0) is 14.2. The molecule has 1 aliphatic rings. The Morgan fingerprint density at radius 1 is 1.47 bits per heavy atom. The summed E-state index contributed by atoms with van der Waals surface area (Å²) in [5, 5.41) is 3.78. The van der Waals surface area contributed by atoms with Gasteiger partial charge in [0.2, 0.25) is 5.91 Å². The molecule has 2 rings (SSSR count). The Kier molecular flexibility index (Phi) is 4.09. The number of nitrogens with one attached hydrogen (secondary N) is 1. The Bertz CT molecular complexity index is 518. The lowest BCUT2D eigenvalue weighted by atomic mass is 9.84. The van der Waals surface area contributed by atoms with Crippen molar-refractivity contribution >= 4 is 34.8 Å². The van der Waals surface area contributed by atoms with Crippen LogP contribution in [0.25, 0.3) is 0 Å². The van der Waals surface area contributed by atoms with Crippen molar-refractivity contribution < 1.29 is 4.79 Å². The molecule has 0 spiro atoms. The number of amides is 1. The fourth-order valence-electron chi connectivity index (χ4n) is 2.50. The van der Waals surface area contributed by atoms with Crippen LogP contribution < -0.4 is 11.1 Å². The number of halogens is 2. The minimum Gasteiger partial charge on any atom is -0.327 e. The first-order valence-electron chi connectivity index (χ1n) is 6.38. The zero-order valence-corrected chi connectivity index (χ0v) is 12.6. The van der Waals surface area contributed by atoms with Crippen LogP contribution in [0.3, 0.4) is 0 Å². The topological polar surface area (TPSA) is 55.1 Å². The molecule has 0 radical (unpaired) electrons. The number of hydrogen-bond donors (Lipinski definition) is 2. The van der Waals surface area contributed by atoms with E-state index in [4.69, 9.17) is 28.9 Å². The number of nitrogens with two attached hydrogens (primary N) is 1. The molecule has 3 nitrogen and oxygen atoms in total. The van der Waals surface area contributed by atoms with Gasteiger partial charge in [0.25, 0.3) is 0 Å². The van der Waals surface area contributed by atoms with Crippen molar-refractivity contribution in [2.75, 3.05) is 5.32 Å². The van der Waals surface area contributed by atoms with Crippen LogP contribution in [-0.2, 0) is 4.79 Å². The van der Waals surface area contributed by atoms with Gasteiger partial charge in [0, 0.05) is 6.04 Å². The van der Waals surface area contributed by atoms with Crippen LogP contribution >= 0.6 is 23.2 Å². The highest BCUT2D eigenvalue weighted by atomic mass is 35.5. The summed E-state index contributed by atoms with van der Waals surface area (Å²) in [6.45, 7) is 3.77. The molecular formula is C14H18Cl2N2O. The average molecular weight is 301 g/mol. The first-order chi connectivity index (χ1) is 8.86. The average Bonchev–Trinajstić information content (AvgIpc) is 2.71. The molecule has 0 aromatic heterocycles. The lowest BCUT2D eigenvalue weighted by Gasteiger charge is -2.28. The predicted molar refractivity (Wildman–Crippen MR) is 79.8 cm³/mol. The fourth-order valence-corrected chi connectivity index (χ4v) is 2.97. The molecule has 1 aliphatic carbocycles. The number of rotatable bonds is 2. The highest BCUT2D eigenvalue weighted by Gasteiger charge is 2.43. The van der Waals surface area contributed by atoms with Crippen molar-refractivity contribution in [3.63, 3.8) is 0 Å². The fraction of sp³-hybridized carbons (Fsp3) is 0.500. The van der Waals surface area contributed by atoms with Gasteiger partial charge in [0.15, 0.2) is 0 Å². The minimum atomic E-state index is -0.545. The van der Waals surface area contributed by atoms with E-state index >= 15 is 0 Å². The molecule has 19 heavy (non-hydrogen) atoms. The summed E-state index contributed by atoms with van der Waals surface area (Å²) in [6, 6.07) is 3.44. The molecule has 1 saturated carbocycles. The van der Waals surface area contributed by atoms with Crippen LogP contribution in [-0.4, -0.2) is 11.9 Å². The van der Waals surface area contributed by atoms with Crippen molar-refractivity contribution in [1.82, 2.24) is 0 Å². The van der Waals surface area contributed by atoms with Crippen molar-refractivity contribution in [3.8, 4) is 0 Å². The number of carbonyl (C=O) groups excluding carboxylic acids is 1. The molecule has 5 heteroatoms. The third kappa shape index (κ3) is 2.60. The Labute approximate surface area is 123 Å². The van der Waals surface area contributed by atoms with Crippen molar-refractivity contribution in [2.24, 2.45) is 11.1 Å². The maximum atomic E-state index is 12.5. The molecule has 0 saturated heterocycles. The van der Waals surface area contributed by atoms with Gasteiger partial charge in [0.05, 0.1) is 21.1 Å². The lowest BCUT2D eigenvalue weighted by molar-refractivity contribution is -0.125. The highest BCUT2D eigenvalue weighted by Crippen LogP contribution is 2.40. The van der Waals surface area contributed by atoms with E-state index < -0.39 is 5.41 Å². The second-order valence-corrected chi connectivity index (χ2v) is 6.21. The summed E-state index contributed by atoms with van der Waals surface area (Å²) in [6.07, 6.45) is 2.64. The molecule has 1 aromatic carbocycles. The summed E-state index contributed by atoms with van der Waals surface area (Å²) >= 11 is 12.3. The zero-order valence-electron chi connectivity index (χ0n) is 11.1. The predicted octanol–water partition coefficient (Wildman–Crippen LogP) is 3.76. The van der Waals surface area contributed by atoms with Gasteiger partial charge in [-0.05, 0) is 38.3 Å². The smallest absolute Gasteiger partial charge is 0.231 e. The van der Waals surface area contributed by atoms with Gasteiger partial charge in [-0.3, -0.25) is 4.79 Å². The summed E-state index contributed by atoms with van der Waals surface area (Å²) < 4.78 is 0. The molecule has 1 amide bonds. The number of carbonyl (C=O) groups is 1. The number of hydrogen-bond acceptors (Lipinski definition) is 2. The van der Waals surface area contributed by atoms with E-state index in [-0.39, 0.29) is 11.9 Å². The maximum absolute atomic E-state index is 12.5. The minimum absolute atomic E-state index is 0.105. The molecule has 0 bridgehead atoms. The van der Waals surface area contributed by atoms with Gasteiger partial charge in [-0.25, -0.2) is 0 Å². The van der Waals surface area contributed by atoms with Gasteiger partial charge in [-0.1, -0.05) is 35.7 Å². The number of benzene rings is 1. The highest BCUT2D eigenvalue weighted by molar-refractivity contribution is 6.40. The van der Waals surface area contributed by atoms with Crippen LogP contribution in [0.5, 0.6) is 0 Å². The van der Waals surface area contributed by atoms with E-state index in [1.54, 1.807) is 6.07 Å². The first kappa shape index (κ1) is 14.6. The summed E-state index contributed by atoms with van der Waals surface area (Å²) in [5.41, 5.74) is 6.86. The number of aryl methyl sites for hydroxylation is 1. The van der Waals surface area contributed by atoms with E-state index in [2.05, 4.69) is 5.32 Å². The van der Waals surface area contributed by atoms with Crippen LogP contribution in [0.4, 0.5) is 5.69 Å². The van der Waals surface area contributed by atoms with Crippen LogP contribution in [0.1, 0.15) is 31.7 Å². The van der Waals surface area contributed by atoms with Crippen LogP contribution in [0, 0.1) is 12.3 Å². The van der Waals surface area contributed by atoms with Crippen molar-refractivity contribution in [2.45, 2.75) is 39.2 Å². The molecule has 2 unspecified atom stereocenters. The second kappa shape index (κ2) is 5.31.